The molecule has 2 rings (SSSR count). The van der Waals surface area contributed by atoms with E-state index >= 15 is 0 Å². The fraction of sp³-hybridized carbons (Fsp3) is 0.200. The van der Waals surface area contributed by atoms with E-state index in [0.717, 1.165) is 0 Å². The maximum Gasteiger partial charge on any atom is 0.337 e. The Labute approximate surface area is 173 Å². The molecule has 0 aliphatic heterocycles. The van der Waals surface area contributed by atoms with Crippen LogP contribution in [0.4, 0.5) is 5.69 Å². The zero-order valence-corrected chi connectivity index (χ0v) is 16.8. The average molecular weight is 415 g/mol. The summed E-state index contributed by atoms with van der Waals surface area (Å²) in [7, 11) is 2.82. The van der Waals surface area contributed by atoms with Crippen molar-refractivity contribution in [1.29, 1.82) is 0 Å². The van der Waals surface area contributed by atoms with Crippen molar-refractivity contribution in [2.24, 2.45) is 0 Å². The molecule has 0 aliphatic rings. The standard InChI is InChI=1S/C20H21N3O5S/c1-27-10-9-21-17(24)14-6-4-8-16(12-14)22-20(29)23-18(25)13-5-3-7-15(11-13)19(26)28-2/h3-8,11-12H,9-10H2,1-2H3,(H,21,24)(H2,22,23,25,29). The molecule has 152 valence electrons. The van der Waals surface area contributed by atoms with Gasteiger partial charge in [-0.1, -0.05) is 12.1 Å². The number of anilines is 1. The van der Waals surface area contributed by atoms with E-state index in [0.29, 0.717) is 24.4 Å². The lowest BCUT2D eigenvalue weighted by atomic mass is 10.1. The molecule has 0 spiro atoms. The Hall–Kier alpha value is -3.30. The van der Waals surface area contributed by atoms with Crippen molar-refractivity contribution in [3.8, 4) is 0 Å². The Morgan fingerprint density at radius 1 is 0.931 bits per heavy atom. The number of amides is 2. The predicted molar refractivity (Wildman–Crippen MR) is 112 cm³/mol. The molecule has 0 heterocycles. The van der Waals surface area contributed by atoms with Crippen LogP contribution in [0.1, 0.15) is 31.1 Å². The molecule has 29 heavy (non-hydrogen) atoms. The van der Waals surface area contributed by atoms with Crippen LogP contribution in [0.2, 0.25) is 0 Å². The lowest BCUT2D eigenvalue weighted by Crippen LogP contribution is -2.34. The molecule has 0 aromatic heterocycles. The second-order valence-corrected chi connectivity index (χ2v) is 6.22. The quantitative estimate of drug-likeness (QED) is 0.361. The van der Waals surface area contributed by atoms with E-state index < -0.39 is 11.9 Å². The average Bonchev–Trinajstić information content (AvgIpc) is 2.73. The first-order valence-corrected chi connectivity index (χ1v) is 9.03. The van der Waals surface area contributed by atoms with Crippen molar-refractivity contribution < 1.29 is 23.9 Å². The Kier molecular flexibility index (Phi) is 8.26. The smallest absolute Gasteiger partial charge is 0.337 e. The molecule has 0 aliphatic carbocycles. The Bertz CT molecular complexity index is 916. The number of carbonyl (C=O) groups is 3. The normalized spacial score (nSPS) is 10.0. The van der Waals surface area contributed by atoms with Gasteiger partial charge in [0.1, 0.15) is 0 Å². The van der Waals surface area contributed by atoms with Crippen molar-refractivity contribution in [2.75, 3.05) is 32.7 Å². The van der Waals surface area contributed by atoms with E-state index in [1.165, 1.54) is 13.2 Å². The number of esters is 1. The molecular formula is C20H21N3O5S. The molecule has 2 aromatic carbocycles. The topological polar surface area (TPSA) is 106 Å². The van der Waals surface area contributed by atoms with E-state index in [4.69, 9.17) is 17.0 Å². The van der Waals surface area contributed by atoms with Crippen LogP contribution in [0, 0.1) is 0 Å². The van der Waals surface area contributed by atoms with Crippen LogP contribution >= 0.6 is 12.2 Å². The molecule has 0 saturated heterocycles. The van der Waals surface area contributed by atoms with Gasteiger partial charge < -0.3 is 20.1 Å². The van der Waals surface area contributed by atoms with Crippen LogP contribution < -0.4 is 16.0 Å². The molecule has 0 saturated carbocycles. The van der Waals surface area contributed by atoms with Crippen LogP contribution in [0.3, 0.4) is 0 Å². The Balaban J connectivity index is 1.98. The summed E-state index contributed by atoms with van der Waals surface area (Å²) >= 11 is 5.16. The number of nitrogens with one attached hydrogen (secondary N) is 3. The number of ether oxygens (including phenoxy) is 2. The van der Waals surface area contributed by atoms with Crippen molar-refractivity contribution in [3.05, 3.63) is 65.2 Å². The summed E-state index contributed by atoms with van der Waals surface area (Å²) in [6.45, 7) is 0.809. The summed E-state index contributed by atoms with van der Waals surface area (Å²) in [5, 5.41) is 8.16. The van der Waals surface area contributed by atoms with Crippen LogP contribution in [0.5, 0.6) is 0 Å². The van der Waals surface area contributed by atoms with Gasteiger partial charge in [-0.2, -0.15) is 0 Å². The fourth-order valence-corrected chi connectivity index (χ4v) is 2.56. The van der Waals surface area contributed by atoms with E-state index in [9.17, 15) is 14.4 Å². The van der Waals surface area contributed by atoms with Gasteiger partial charge in [0.25, 0.3) is 11.8 Å². The number of hydrogen-bond donors (Lipinski definition) is 3. The third-order valence-corrected chi connectivity index (χ3v) is 3.95. The maximum absolute atomic E-state index is 12.4. The molecule has 0 unspecified atom stereocenters. The number of rotatable bonds is 7. The first-order valence-electron chi connectivity index (χ1n) is 8.62. The second kappa shape index (κ2) is 10.9. The summed E-state index contributed by atoms with van der Waals surface area (Å²) in [6, 6.07) is 12.8. The number of methoxy groups -OCH3 is 2. The highest BCUT2D eigenvalue weighted by Crippen LogP contribution is 2.11. The maximum atomic E-state index is 12.4. The van der Waals surface area contributed by atoms with E-state index in [1.54, 1.807) is 49.6 Å². The van der Waals surface area contributed by atoms with Crippen LogP contribution in [0.25, 0.3) is 0 Å². The summed E-state index contributed by atoms with van der Waals surface area (Å²) in [6.07, 6.45) is 0. The van der Waals surface area contributed by atoms with Gasteiger partial charge in [0.2, 0.25) is 0 Å². The van der Waals surface area contributed by atoms with Crippen LogP contribution in [-0.4, -0.2) is 50.3 Å². The van der Waals surface area contributed by atoms with Gasteiger partial charge in [0.05, 0.1) is 19.3 Å². The van der Waals surface area contributed by atoms with E-state index in [-0.39, 0.29) is 22.1 Å². The third-order valence-electron chi connectivity index (χ3n) is 3.75. The highest BCUT2D eigenvalue weighted by molar-refractivity contribution is 7.80. The number of hydrogen-bond acceptors (Lipinski definition) is 6. The van der Waals surface area contributed by atoms with Crippen molar-refractivity contribution in [2.45, 2.75) is 0 Å². The van der Waals surface area contributed by atoms with E-state index in [2.05, 4.69) is 20.7 Å². The minimum absolute atomic E-state index is 0.0513. The van der Waals surface area contributed by atoms with E-state index in [1.807, 2.05) is 0 Å². The predicted octanol–water partition coefficient (Wildman–Crippen LogP) is 1.98. The van der Waals surface area contributed by atoms with Crippen molar-refractivity contribution >= 4 is 40.8 Å². The minimum atomic E-state index is -0.541. The van der Waals surface area contributed by atoms with Gasteiger partial charge in [-0.25, -0.2) is 4.79 Å². The molecular weight excluding hydrogens is 394 g/mol. The van der Waals surface area contributed by atoms with Crippen LogP contribution in [-0.2, 0) is 9.47 Å². The molecule has 0 bridgehead atoms. The summed E-state index contributed by atoms with van der Waals surface area (Å²) < 4.78 is 9.54. The minimum Gasteiger partial charge on any atom is -0.465 e. The number of thiocarbonyl (C=S) groups is 1. The van der Waals surface area contributed by atoms with Gasteiger partial charge in [-0.3, -0.25) is 14.9 Å². The first kappa shape index (κ1) is 22.0. The largest absolute Gasteiger partial charge is 0.465 e. The van der Waals surface area contributed by atoms with Gasteiger partial charge in [0, 0.05) is 30.5 Å². The summed E-state index contributed by atoms with van der Waals surface area (Å²) in [5.41, 5.74) is 1.48. The SMILES string of the molecule is COCCNC(=O)c1cccc(NC(=S)NC(=O)c2cccc(C(=O)OC)c2)c1. The molecule has 8 nitrogen and oxygen atoms in total. The van der Waals surface area contributed by atoms with Crippen molar-refractivity contribution in [3.63, 3.8) is 0 Å². The molecule has 2 aromatic rings. The molecule has 0 radical (unpaired) electrons. The molecule has 0 atom stereocenters. The Morgan fingerprint density at radius 2 is 1.59 bits per heavy atom. The molecule has 0 fully saturated rings. The monoisotopic (exact) mass is 415 g/mol. The van der Waals surface area contributed by atoms with Gasteiger partial charge in [-0.05, 0) is 48.6 Å². The Morgan fingerprint density at radius 3 is 2.28 bits per heavy atom. The second-order valence-electron chi connectivity index (χ2n) is 5.81. The van der Waals surface area contributed by atoms with Gasteiger partial charge >= 0.3 is 5.97 Å². The molecule has 9 heteroatoms. The van der Waals surface area contributed by atoms with Gasteiger partial charge in [-0.15, -0.1) is 0 Å². The number of carbonyl (C=O) groups excluding carboxylic acids is 3. The summed E-state index contributed by atoms with van der Waals surface area (Å²) in [5.74, 6) is -1.28. The first-order chi connectivity index (χ1) is 13.9. The third kappa shape index (κ3) is 6.66. The summed E-state index contributed by atoms with van der Waals surface area (Å²) in [4.78, 5) is 36.1. The highest BCUT2D eigenvalue weighted by atomic mass is 32.1. The highest BCUT2D eigenvalue weighted by Gasteiger charge is 2.12. The zero-order chi connectivity index (χ0) is 21.2. The zero-order valence-electron chi connectivity index (χ0n) is 16.0. The molecule has 2 amide bonds. The van der Waals surface area contributed by atoms with Gasteiger partial charge in [0.15, 0.2) is 5.11 Å². The fourth-order valence-electron chi connectivity index (χ4n) is 2.35. The lowest BCUT2D eigenvalue weighted by molar-refractivity contribution is 0.0600. The van der Waals surface area contributed by atoms with Crippen molar-refractivity contribution in [1.82, 2.24) is 10.6 Å². The lowest BCUT2D eigenvalue weighted by Gasteiger charge is -2.11. The molecule has 3 N–H and O–H groups in total. The number of benzene rings is 2. The van der Waals surface area contributed by atoms with Crippen LogP contribution in [0.15, 0.2) is 48.5 Å².